The monoisotopic (exact) mass is 288 g/mol. The minimum Gasteiger partial charge on any atom is -0.395 e. The number of hydrogen-bond donors (Lipinski definition) is 2. The highest BCUT2D eigenvalue weighted by Gasteiger charge is 2.20. The van der Waals surface area contributed by atoms with Crippen molar-refractivity contribution in [1.82, 2.24) is 0 Å². The van der Waals surface area contributed by atoms with Crippen LogP contribution in [0.3, 0.4) is 0 Å². The third-order valence-electron chi connectivity index (χ3n) is 2.02. The van der Waals surface area contributed by atoms with Crippen LogP contribution in [-0.4, -0.2) is 16.3 Å². The Morgan fingerprint density at radius 1 is 1.29 bits per heavy atom. The van der Waals surface area contributed by atoms with Crippen LogP contribution in [0, 0.1) is 0 Å². The van der Waals surface area contributed by atoms with Crippen LogP contribution < -0.4 is 0 Å². The summed E-state index contributed by atoms with van der Waals surface area (Å²) in [7, 11) is 0. The Morgan fingerprint density at radius 3 is 2.47 bits per heavy atom. The number of thiol groups is 2. The van der Waals surface area contributed by atoms with Gasteiger partial charge >= 0.3 is 5.97 Å². The fourth-order valence-electron chi connectivity index (χ4n) is 1.18. The molecule has 0 heterocycles. The van der Waals surface area contributed by atoms with Gasteiger partial charge in [-0.1, -0.05) is 30.3 Å². The highest BCUT2D eigenvalue weighted by atomic mass is 32.2. The molecule has 0 spiro atoms. The first kappa shape index (κ1) is 14.5. The van der Waals surface area contributed by atoms with E-state index in [1.807, 2.05) is 30.3 Å². The molecule has 0 saturated carbocycles. The maximum Gasteiger partial charge on any atom is 0.319 e. The van der Waals surface area contributed by atoms with Crippen LogP contribution in [-0.2, 0) is 19.5 Å². The van der Waals surface area contributed by atoms with Crippen molar-refractivity contribution in [2.24, 2.45) is 0 Å². The summed E-state index contributed by atoms with van der Waals surface area (Å²) in [6, 6.07) is 9.70. The molecule has 3 nitrogen and oxygen atoms in total. The molecule has 1 aromatic carbocycles. The van der Waals surface area contributed by atoms with E-state index in [1.54, 1.807) is 0 Å². The molecule has 92 valence electrons. The average Bonchev–Trinajstić information content (AvgIpc) is 2.35. The molecule has 1 unspecified atom stereocenters. The minimum absolute atomic E-state index is 0.0106. The molecular weight excluding hydrogens is 276 g/mol. The SMILES string of the molecule is O=C(CC(SCc1ccccc1)C(=O)S)OS. The second kappa shape index (κ2) is 7.68. The molecule has 0 saturated heterocycles. The lowest BCUT2D eigenvalue weighted by Gasteiger charge is -2.10. The first-order valence-corrected chi connectivity index (χ1v) is 6.72. The molecule has 1 aromatic rings. The predicted molar refractivity (Wildman–Crippen MR) is 75.2 cm³/mol. The molecule has 0 N–H and O–H groups in total. The summed E-state index contributed by atoms with van der Waals surface area (Å²) >= 11 is 8.53. The number of carbonyl (C=O) groups excluding carboxylic acids is 2. The molecular formula is C11H12O3S3. The van der Waals surface area contributed by atoms with Gasteiger partial charge in [0.2, 0.25) is 0 Å². The molecule has 0 fully saturated rings. The van der Waals surface area contributed by atoms with Crippen LogP contribution in [0.2, 0.25) is 0 Å². The fourth-order valence-corrected chi connectivity index (χ4v) is 2.55. The zero-order chi connectivity index (χ0) is 12.7. The van der Waals surface area contributed by atoms with E-state index in [1.165, 1.54) is 11.8 Å². The summed E-state index contributed by atoms with van der Waals surface area (Å²) in [6.45, 7) is 0. The Morgan fingerprint density at radius 2 is 1.94 bits per heavy atom. The maximum atomic E-state index is 11.2. The van der Waals surface area contributed by atoms with Crippen LogP contribution >= 0.6 is 37.3 Å². The van der Waals surface area contributed by atoms with Crippen molar-refractivity contribution in [2.75, 3.05) is 0 Å². The molecule has 1 rings (SSSR count). The zero-order valence-electron chi connectivity index (χ0n) is 8.91. The van der Waals surface area contributed by atoms with Gasteiger partial charge in [-0.25, -0.2) is 0 Å². The van der Waals surface area contributed by atoms with Crippen LogP contribution in [0.5, 0.6) is 0 Å². The maximum absolute atomic E-state index is 11.2. The Balaban J connectivity index is 2.50. The smallest absolute Gasteiger partial charge is 0.319 e. The first-order valence-electron chi connectivity index (χ1n) is 4.86. The van der Waals surface area contributed by atoms with Crippen LogP contribution in [0.4, 0.5) is 0 Å². The lowest BCUT2D eigenvalue weighted by Crippen LogP contribution is -2.17. The number of rotatable bonds is 6. The first-order chi connectivity index (χ1) is 8.13. The van der Waals surface area contributed by atoms with E-state index in [0.29, 0.717) is 5.75 Å². The predicted octanol–water partition coefficient (Wildman–Crippen LogP) is 2.52. The largest absolute Gasteiger partial charge is 0.395 e. The van der Waals surface area contributed by atoms with Gasteiger partial charge in [-0.15, -0.1) is 24.4 Å². The summed E-state index contributed by atoms with van der Waals surface area (Å²) in [5.74, 6) is 0.124. The Hall–Kier alpha value is -0.590. The highest BCUT2D eigenvalue weighted by molar-refractivity contribution is 8.04. The van der Waals surface area contributed by atoms with E-state index in [-0.39, 0.29) is 11.5 Å². The Bertz CT molecular complexity index is 381. The molecule has 0 amide bonds. The molecule has 0 aromatic heterocycles. The summed E-state index contributed by atoms with van der Waals surface area (Å²) in [6.07, 6.45) is -0.0106. The molecule has 0 aliphatic heterocycles. The number of thioether (sulfide) groups is 1. The lowest BCUT2D eigenvalue weighted by atomic mass is 10.2. The normalized spacial score (nSPS) is 11.9. The van der Waals surface area contributed by atoms with Gasteiger partial charge in [-0.05, 0) is 5.56 Å². The van der Waals surface area contributed by atoms with E-state index in [9.17, 15) is 9.59 Å². The van der Waals surface area contributed by atoms with Gasteiger partial charge in [0.05, 0.1) is 11.7 Å². The van der Waals surface area contributed by atoms with Gasteiger partial charge in [0.25, 0.3) is 0 Å². The summed E-state index contributed by atoms with van der Waals surface area (Å²) < 4.78 is 4.24. The second-order valence-corrected chi connectivity index (χ2v) is 5.11. The van der Waals surface area contributed by atoms with Crippen molar-refractivity contribution >= 4 is 48.4 Å². The third-order valence-corrected chi connectivity index (χ3v) is 4.00. The van der Waals surface area contributed by atoms with Gasteiger partial charge in [0.1, 0.15) is 0 Å². The van der Waals surface area contributed by atoms with Crippen molar-refractivity contribution in [2.45, 2.75) is 17.4 Å². The summed E-state index contributed by atoms with van der Waals surface area (Å²) in [4.78, 5) is 22.3. The van der Waals surface area contributed by atoms with Crippen molar-refractivity contribution < 1.29 is 13.8 Å². The van der Waals surface area contributed by atoms with E-state index >= 15 is 0 Å². The van der Waals surface area contributed by atoms with E-state index in [0.717, 1.165) is 5.56 Å². The zero-order valence-corrected chi connectivity index (χ0v) is 11.5. The molecule has 0 aliphatic carbocycles. The van der Waals surface area contributed by atoms with Gasteiger partial charge in [-0.2, -0.15) is 0 Å². The van der Waals surface area contributed by atoms with Gasteiger partial charge in [0.15, 0.2) is 5.12 Å². The Kier molecular flexibility index (Phi) is 6.54. The molecule has 0 radical (unpaired) electrons. The van der Waals surface area contributed by atoms with E-state index in [2.05, 4.69) is 29.7 Å². The second-order valence-electron chi connectivity index (χ2n) is 3.29. The molecule has 6 heteroatoms. The molecule has 0 bridgehead atoms. The summed E-state index contributed by atoms with van der Waals surface area (Å²) in [5, 5.41) is -0.831. The van der Waals surface area contributed by atoms with Gasteiger partial charge in [0, 0.05) is 18.7 Å². The van der Waals surface area contributed by atoms with E-state index in [4.69, 9.17) is 0 Å². The van der Waals surface area contributed by atoms with Crippen molar-refractivity contribution in [1.29, 1.82) is 0 Å². The quantitative estimate of drug-likeness (QED) is 0.623. The van der Waals surface area contributed by atoms with E-state index < -0.39 is 11.2 Å². The van der Waals surface area contributed by atoms with Crippen LogP contribution in [0.25, 0.3) is 0 Å². The fraction of sp³-hybridized carbons (Fsp3) is 0.273. The molecule has 17 heavy (non-hydrogen) atoms. The van der Waals surface area contributed by atoms with Crippen molar-refractivity contribution in [3.63, 3.8) is 0 Å². The third kappa shape index (κ3) is 5.52. The topological polar surface area (TPSA) is 43.4 Å². The standard InChI is InChI=1S/C11H12O3S3/c12-10(14-16)6-9(11(13)15)17-7-8-4-2-1-3-5-8/h1-5,9,16H,6-7H2,(H,13,15). The van der Waals surface area contributed by atoms with Crippen LogP contribution in [0.1, 0.15) is 12.0 Å². The molecule has 1 atom stereocenters. The summed E-state index contributed by atoms with van der Waals surface area (Å²) in [5.41, 5.74) is 1.09. The minimum atomic E-state index is -0.527. The lowest BCUT2D eigenvalue weighted by molar-refractivity contribution is -0.133. The molecule has 0 aliphatic rings. The number of hydrogen-bond acceptors (Lipinski definition) is 5. The average molecular weight is 288 g/mol. The van der Waals surface area contributed by atoms with Gasteiger partial charge in [-0.3, -0.25) is 9.59 Å². The van der Waals surface area contributed by atoms with Crippen molar-refractivity contribution in [3.8, 4) is 0 Å². The van der Waals surface area contributed by atoms with Crippen molar-refractivity contribution in [3.05, 3.63) is 35.9 Å². The highest BCUT2D eigenvalue weighted by Crippen LogP contribution is 2.22. The Labute approximate surface area is 115 Å². The van der Waals surface area contributed by atoms with Crippen LogP contribution in [0.15, 0.2) is 30.3 Å². The number of benzene rings is 1. The van der Waals surface area contributed by atoms with Gasteiger partial charge < -0.3 is 4.18 Å². The number of carbonyl (C=O) groups is 2.